The maximum Gasteiger partial charge on any atom is 0.134 e. The fourth-order valence-corrected chi connectivity index (χ4v) is 3.65. The third-order valence-electron chi connectivity index (χ3n) is 4.94. The number of pyridine rings is 1. The first-order valence-electron chi connectivity index (χ1n) is 8.88. The molecule has 0 atom stereocenters. The largest absolute Gasteiger partial charge is 0.497 e. The number of rotatable bonds is 4. The minimum absolute atomic E-state index is 0.580. The van der Waals surface area contributed by atoms with Crippen LogP contribution < -0.4 is 9.64 Å². The average Bonchev–Trinajstić information content (AvgIpc) is 2.69. The topological polar surface area (TPSA) is 28.6 Å². The summed E-state index contributed by atoms with van der Waals surface area (Å²) < 4.78 is 5.26. The van der Waals surface area contributed by atoms with Crippen LogP contribution in [0.3, 0.4) is 0 Å². The van der Waals surface area contributed by atoms with Crippen molar-refractivity contribution in [2.45, 2.75) is 6.54 Å². The number of nitrogens with zero attached hydrogens (tertiary/aromatic N) is 3. The van der Waals surface area contributed by atoms with Gasteiger partial charge >= 0.3 is 0 Å². The molecule has 1 aromatic heterocycles. The highest BCUT2D eigenvalue weighted by atomic mass is 35.5. The van der Waals surface area contributed by atoms with Crippen LogP contribution in [0.5, 0.6) is 5.75 Å². The van der Waals surface area contributed by atoms with E-state index in [0.29, 0.717) is 5.15 Å². The smallest absolute Gasteiger partial charge is 0.134 e. The number of ether oxygens (including phenoxy) is 1. The summed E-state index contributed by atoms with van der Waals surface area (Å²) in [4.78, 5) is 9.44. The highest BCUT2D eigenvalue weighted by Crippen LogP contribution is 2.25. The van der Waals surface area contributed by atoms with E-state index in [9.17, 15) is 0 Å². The molecular formula is C21H22ClN3O. The summed E-state index contributed by atoms with van der Waals surface area (Å²) >= 11 is 6.45. The van der Waals surface area contributed by atoms with Gasteiger partial charge in [0, 0.05) is 55.4 Å². The van der Waals surface area contributed by atoms with E-state index in [1.165, 1.54) is 5.69 Å². The van der Waals surface area contributed by atoms with E-state index in [0.717, 1.165) is 54.9 Å². The monoisotopic (exact) mass is 367 g/mol. The molecule has 0 bridgehead atoms. The zero-order valence-electron chi connectivity index (χ0n) is 14.9. The highest BCUT2D eigenvalue weighted by Gasteiger charge is 2.18. The van der Waals surface area contributed by atoms with Gasteiger partial charge in [-0.2, -0.15) is 0 Å². The molecule has 1 aliphatic rings. The van der Waals surface area contributed by atoms with Crippen LogP contribution in [0, 0.1) is 0 Å². The molecule has 5 heteroatoms. The molecule has 4 rings (SSSR count). The molecule has 2 aromatic carbocycles. The summed E-state index contributed by atoms with van der Waals surface area (Å²) in [6.45, 7) is 4.92. The van der Waals surface area contributed by atoms with E-state index >= 15 is 0 Å². The highest BCUT2D eigenvalue weighted by molar-refractivity contribution is 6.30. The zero-order chi connectivity index (χ0) is 17.9. The Bertz CT molecular complexity index is 892. The Morgan fingerprint density at radius 2 is 1.77 bits per heavy atom. The van der Waals surface area contributed by atoms with Crippen molar-refractivity contribution in [3.05, 3.63) is 65.3 Å². The molecule has 26 heavy (non-hydrogen) atoms. The molecule has 3 aromatic rings. The Labute approximate surface area is 159 Å². The molecule has 4 nitrogen and oxygen atoms in total. The maximum absolute atomic E-state index is 6.45. The molecule has 0 N–H and O–H groups in total. The van der Waals surface area contributed by atoms with Gasteiger partial charge in [-0.3, -0.25) is 4.90 Å². The fraction of sp³-hybridized carbons (Fsp3) is 0.286. The van der Waals surface area contributed by atoms with Gasteiger partial charge in [0.15, 0.2) is 0 Å². The van der Waals surface area contributed by atoms with Gasteiger partial charge in [0.1, 0.15) is 10.9 Å². The number of fused-ring (bicyclic) bond motifs is 1. The molecule has 0 unspecified atom stereocenters. The van der Waals surface area contributed by atoms with Crippen LogP contribution in [0.25, 0.3) is 10.9 Å². The van der Waals surface area contributed by atoms with Gasteiger partial charge in [-0.25, -0.2) is 4.98 Å². The number of hydrogen-bond acceptors (Lipinski definition) is 4. The lowest BCUT2D eigenvalue weighted by atomic mass is 10.1. The van der Waals surface area contributed by atoms with E-state index < -0.39 is 0 Å². The Morgan fingerprint density at radius 3 is 2.50 bits per heavy atom. The lowest BCUT2D eigenvalue weighted by Crippen LogP contribution is -2.46. The van der Waals surface area contributed by atoms with Crippen molar-refractivity contribution < 1.29 is 4.74 Å². The van der Waals surface area contributed by atoms with Crippen molar-refractivity contribution in [2.24, 2.45) is 0 Å². The fourth-order valence-electron chi connectivity index (χ4n) is 3.45. The van der Waals surface area contributed by atoms with Gasteiger partial charge in [0.25, 0.3) is 0 Å². The second-order valence-electron chi connectivity index (χ2n) is 6.60. The third kappa shape index (κ3) is 3.62. The molecular weight excluding hydrogens is 346 g/mol. The molecule has 134 valence electrons. The van der Waals surface area contributed by atoms with Crippen molar-refractivity contribution in [3.63, 3.8) is 0 Å². The van der Waals surface area contributed by atoms with Crippen molar-refractivity contribution >= 4 is 28.2 Å². The quantitative estimate of drug-likeness (QED) is 0.645. The molecule has 0 amide bonds. The summed E-state index contributed by atoms with van der Waals surface area (Å²) in [5.41, 5.74) is 3.25. The summed E-state index contributed by atoms with van der Waals surface area (Å²) in [7, 11) is 1.66. The Balaban J connectivity index is 1.45. The van der Waals surface area contributed by atoms with E-state index in [1.54, 1.807) is 7.11 Å². The SMILES string of the molecule is COc1ccc2cc(CN3CCN(c4ccccc4)CC3)c(Cl)nc2c1. The van der Waals surface area contributed by atoms with Crippen LogP contribution in [-0.4, -0.2) is 43.2 Å². The predicted octanol–water partition coefficient (Wildman–Crippen LogP) is 4.22. The Morgan fingerprint density at radius 1 is 1.00 bits per heavy atom. The van der Waals surface area contributed by atoms with Crippen molar-refractivity contribution in [2.75, 3.05) is 38.2 Å². The number of benzene rings is 2. The normalized spacial score (nSPS) is 15.4. The van der Waals surface area contributed by atoms with Gasteiger partial charge < -0.3 is 9.64 Å². The van der Waals surface area contributed by atoms with Crippen molar-refractivity contribution in [3.8, 4) is 5.75 Å². The number of methoxy groups -OCH3 is 1. The number of para-hydroxylation sites is 1. The van der Waals surface area contributed by atoms with Gasteiger partial charge in [-0.05, 0) is 30.3 Å². The van der Waals surface area contributed by atoms with Crippen LogP contribution in [0.4, 0.5) is 5.69 Å². The first-order valence-corrected chi connectivity index (χ1v) is 9.26. The van der Waals surface area contributed by atoms with Gasteiger partial charge in [0.05, 0.1) is 12.6 Å². The van der Waals surface area contributed by atoms with Crippen LogP contribution in [0.15, 0.2) is 54.6 Å². The first kappa shape index (κ1) is 17.1. The second-order valence-corrected chi connectivity index (χ2v) is 6.95. The zero-order valence-corrected chi connectivity index (χ0v) is 15.6. The molecule has 1 fully saturated rings. The minimum atomic E-state index is 0.580. The standard InChI is InChI=1S/C21H22ClN3O/c1-26-19-8-7-16-13-17(21(22)23-20(16)14-19)15-24-9-11-25(12-10-24)18-5-3-2-4-6-18/h2-8,13-14H,9-12,15H2,1H3. The van der Waals surface area contributed by atoms with Crippen LogP contribution in [-0.2, 0) is 6.54 Å². The van der Waals surface area contributed by atoms with Gasteiger partial charge in [-0.15, -0.1) is 0 Å². The van der Waals surface area contributed by atoms with Crippen LogP contribution >= 0.6 is 11.6 Å². The van der Waals surface area contributed by atoms with Crippen molar-refractivity contribution in [1.29, 1.82) is 0 Å². The number of hydrogen-bond donors (Lipinski definition) is 0. The Kier molecular flexibility index (Phi) is 4.96. The van der Waals surface area contributed by atoms with E-state index in [-0.39, 0.29) is 0 Å². The van der Waals surface area contributed by atoms with Gasteiger partial charge in [-0.1, -0.05) is 29.8 Å². The van der Waals surface area contributed by atoms with Crippen LogP contribution in [0.1, 0.15) is 5.56 Å². The lowest BCUT2D eigenvalue weighted by Gasteiger charge is -2.36. The first-order chi connectivity index (χ1) is 12.7. The van der Waals surface area contributed by atoms with Gasteiger partial charge in [0.2, 0.25) is 0 Å². The number of halogens is 1. The summed E-state index contributed by atoms with van der Waals surface area (Å²) in [6, 6.07) is 18.7. The molecule has 0 radical (unpaired) electrons. The minimum Gasteiger partial charge on any atom is -0.497 e. The molecule has 1 saturated heterocycles. The van der Waals surface area contributed by atoms with E-state index in [1.807, 2.05) is 18.2 Å². The van der Waals surface area contributed by atoms with Crippen molar-refractivity contribution in [1.82, 2.24) is 9.88 Å². The summed E-state index contributed by atoms with van der Waals surface area (Å²) in [6.07, 6.45) is 0. The van der Waals surface area contributed by atoms with E-state index in [2.05, 4.69) is 51.2 Å². The second kappa shape index (κ2) is 7.52. The number of piperazine rings is 1. The summed E-state index contributed by atoms with van der Waals surface area (Å²) in [5, 5.41) is 1.67. The lowest BCUT2D eigenvalue weighted by molar-refractivity contribution is 0.250. The summed E-state index contributed by atoms with van der Waals surface area (Å²) in [5.74, 6) is 0.797. The molecule has 0 aliphatic carbocycles. The van der Waals surface area contributed by atoms with E-state index in [4.69, 9.17) is 16.3 Å². The Hall–Kier alpha value is -2.30. The molecule has 1 aliphatic heterocycles. The molecule has 0 saturated carbocycles. The molecule has 2 heterocycles. The predicted molar refractivity (Wildman–Crippen MR) is 107 cm³/mol. The maximum atomic E-state index is 6.45. The number of aromatic nitrogens is 1. The third-order valence-corrected chi connectivity index (χ3v) is 5.27. The van der Waals surface area contributed by atoms with Crippen LogP contribution in [0.2, 0.25) is 5.15 Å². The number of anilines is 1. The molecule has 0 spiro atoms. The average molecular weight is 368 g/mol.